The van der Waals surface area contributed by atoms with Crippen molar-refractivity contribution in [3.05, 3.63) is 60.2 Å². The van der Waals surface area contributed by atoms with Crippen LogP contribution >= 0.6 is 0 Å². The average molecular weight is 358 g/mol. The van der Waals surface area contributed by atoms with Crippen LogP contribution < -0.4 is 10.2 Å². The van der Waals surface area contributed by atoms with E-state index in [4.69, 9.17) is 0 Å². The Morgan fingerprint density at radius 1 is 1.04 bits per heavy atom. The molecular formula is C19H22N2O3S. The van der Waals surface area contributed by atoms with Gasteiger partial charge < -0.3 is 10.2 Å². The highest BCUT2D eigenvalue weighted by molar-refractivity contribution is 7.91. The van der Waals surface area contributed by atoms with E-state index in [9.17, 15) is 13.2 Å². The molecule has 0 bridgehead atoms. The molecule has 0 aromatic heterocycles. The van der Waals surface area contributed by atoms with Crippen LogP contribution in [0.4, 0.5) is 5.69 Å². The Morgan fingerprint density at radius 3 is 2.56 bits per heavy atom. The number of benzene rings is 2. The molecule has 0 atom stereocenters. The number of hydrogen-bond acceptors (Lipinski definition) is 4. The van der Waals surface area contributed by atoms with Crippen LogP contribution in [0.25, 0.3) is 0 Å². The van der Waals surface area contributed by atoms with Gasteiger partial charge in [-0.3, -0.25) is 4.79 Å². The predicted octanol–water partition coefficient (Wildman–Crippen LogP) is 2.03. The molecule has 0 fully saturated rings. The van der Waals surface area contributed by atoms with Crippen molar-refractivity contribution in [3.63, 3.8) is 0 Å². The Kier molecular flexibility index (Phi) is 5.38. The van der Waals surface area contributed by atoms with Crippen molar-refractivity contribution in [2.45, 2.75) is 17.7 Å². The molecule has 1 aliphatic rings. The van der Waals surface area contributed by atoms with Gasteiger partial charge in [-0.05, 0) is 30.2 Å². The highest BCUT2D eigenvalue weighted by Crippen LogP contribution is 2.26. The highest BCUT2D eigenvalue weighted by Gasteiger charge is 2.18. The molecule has 2 aromatic carbocycles. The Balaban J connectivity index is 1.43. The number of carbonyl (C=O) groups is 1. The van der Waals surface area contributed by atoms with Gasteiger partial charge in [-0.25, -0.2) is 8.42 Å². The van der Waals surface area contributed by atoms with Gasteiger partial charge in [0.25, 0.3) is 0 Å². The highest BCUT2D eigenvalue weighted by atomic mass is 32.2. The summed E-state index contributed by atoms with van der Waals surface area (Å²) in [6, 6.07) is 16.5. The van der Waals surface area contributed by atoms with Crippen LogP contribution in [0.5, 0.6) is 0 Å². The first-order valence-corrected chi connectivity index (χ1v) is 10.1. The molecule has 25 heavy (non-hydrogen) atoms. The number of amides is 1. The first kappa shape index (κ1) is 17.5. The lowest BCUT2D eigenvalue weighted by Gasteiger charge is -2.19. The minimum Gasteiger partial charge on any atom is -0.369 e. The average Bonchev–Trinajstić information content (AvgIpc) is 3.04. The molecule has 1 aliphatic heterocycles. The number of nitrogens with one attached hydrogen (secondary N) is 1. The van der Waals surface area contributed by atoms with Crippen molar-refractivity contribution in [1.29, 1.82) is 0 Å². The molecule has 0 unspecified atom stereocenters. The molecule has 0 saturated heterocycles. The minimum absolute atomic E-state index is 0.0200. The van der Waals surface area contributed by atoms with Crippen LogP contribution in [0.15, 0.2) is 59.5 Å². The van der Waals surface area contributed by atoms with E-state index in [1.807, 2.05) is 12.1 Å². The monoisotopic (exact) mass is 358 g/mol. The summed E-state index contributed by atoms with van der Waals surface area (Å²) in [4.78, 5) is 14.5. The van der Waals surface area contributed by atoms with Gasteiger partial charge in [-0.2, -0.15) is 0 Å². The number of sulfone groups is 1. The number of rotatable bonds is 7. The summed E-state index contributed by atoms with van der Waals surface area (Å²) in [5.74, 6) is -0.401. The number of para-hydroxylation sites is 1. The normalized spacial score (nSPS) is 13.5. The Labute approximate surface area is 148 Å². The van der Waals surface area contributed by atoms with Gasteiger partial charge in [0.2, 0.25) is 5.91 Å². The van der Waals surface area contributed by atoms with Gasteiger partial charge in [0.1, 0.15) is 0 Å². The van der Waals surface area contributed by atoms with E-state index in [0.29, 0.717) is 6.54 Å². The van der Waals surface area contributed by atoms with Gasteiger partial charge in [-0.1, -0.05) is 36.4 Å². The molecule has 132 valence electrons. The van der Waals surface area contributed by atoms with Crippen molar-refractivity contribution in [1.82, 2.24) is 5.32 Å². The van der Waals surface area contributed by atoms with E-state index in [-0.39, 0.29) is 23.0 Å². The zero-order valence-electron chi connectivity index (χ0n) is 14.0. The van der Waals surface area contributed by atoms with Gasteiger partial charge in [0.15, 0.2) is 9.84 Å². The van der Waals surface area contributed by atoms with Gasteiger partial charge in [0.05, 0.1) is 10.6 Å². The molecule has 2 aromatic rings. The fraction of sp³-hybridized carbons (Fsp3) is 0.316. The van der Waals surface area contributed by atoms with Crippen LogP contribution in [0.1, 0.15) is 12.0 Å². The first-order chi connectivity index (χ1) is 12.1. The molecule has 1 amide bonds. The van der Waals surface area contributed by atoms with Crippen molar-refractivity contribution in [3.8, 4) is 0 Å². The Hall–Kier alpha value is -2.34. The summed E-state index contributed by atoms with van der Waals surface area (Å²) < 4.78 is 24.3. The second-order valence-corrected chi connectivity index (χ2v) is 8.21. The van der Waals surface area contributed by atoms with E-state index < -0.39 is 9.84 Å². The lowest BCUT2D eigenvalue weighted by Crippen LogP contribution is -2.34. The molecular weight excluding hydrogens is 336 g/mol. The zero-order chi connectivity index (χ0) is 17.7. The lowest BCUT2D eigenvalue weighted by atomic mass is 10.2. The molecule has 0 radical (unpaired) electrons. The third-order valence-electron chi connectivity index (χ3n) is 4.39. The van der Waals surface area contributed by atoms with Crippen molar-refractivity contribution >= 4 is 21.4 Å². The largest absolute Gasteiger partial charge is 0.369 e. The molecule has 3 rings (SSSR count). The number of hydrogen-bond donors (Lipinski definition) is 1. The molecule has 1 heterocycles. The van der Waals surface area contributed by atoms with Crippen molar-refractivity contribution < 1.29 is 13.2 Å². The summed E-state index contributed by atoms with van der Waals surface area (Å²) in [7, 11) is -3.41. The fourth-order valence-electron chi connectivity index (χ4n) is 3.03. The third kappa shape index (κ3) is 4.39. The first-order valence-electron chi connectivity index (χ1n) is 8.44. The zero-order valence-corrected chi connectivity index (χ0v) is 14.8. The van der Waals surface area contributed by atoms with Crippen LogP contribution in [-0.2, 0) is 21.1 Å². The van der Waals surface area contributed by atoms with Crippen LogP contribution in [0, 0.1) is 0 Å². The summed E-state index contributed by atoms with van der Waals surface area (Å²) in [5, 5.41) is 2.82. The molecule has 1 N–H and O–H groups in total. The summed E-state index contributed by atoms with van der Waals surface area (Å²) in [6.07, 6.45) is 1.01. The lowest BCUT2D eigenvalue weighted by molar-refractivity contribution is -0.120. The van der Waals surface area contributed by atoms with E-state index in [1.54, 1.807) is 30.3 Å². The van der Waals surface area contributed by atoms with Crippen LogP contribution in [0.2, 0.25) is 0 Å². The van der Waals surface area contributed by atoms with Gasteiger partial charge in [-0.15, -0.1) is 0 Å². The van der Waals surface area contributed by atoms with Gasteiger partial charge >= 0.3 is 0 Å². The number of nitrogens with zero attached hydrogens (tertiary/aromatic N) is 1. The maximum absolute atomic E-state index is 12.2. The third-order valence-corrected chi connectivity index (χ3v) is 6.12. The molecule has 0 saturated carbocycles. The summed E-state index contributed by atoms with van der Waals surface area (Å²) in [6.45, 7) is 2.20. The predicted molar refractivity (Wildman–Crippen MR) is 98.5 cm³/mol. The number of fused-ring (bicyclic) bond motifs is 1. The van der Waals surface area contributed by atoms with E-state index in [0.717, 1.165) is 19.5 Å². The minimum atomic E-state index is -3.41. The Morgan fingerprint density at radius 2 is 1.76 bits per heavy atom. The van der Waals surface area contributed by atoms with Crippen LogP contribution in [0.3, 0.4) is 0 Å². The summed E-state index contributed by atoms with van der Waals surface area (Å²) in [5.41, 5.74) is 2.56. The number of carbonyl (C=O) groups excluding carboxylic acids is 1. The van der Waals surface area contributed by atoms with E-state index in [2.05, 4.69) is 22.3 Å². The van der Waals surface area contributed by atoms with E-state index in [1.165, 1.54) is 11.3 Å². The van der Waals surface area contributed by atoms with E-state index >= 15 is 0 Å². The molecule has 0 aliphatic carbocycles. The fourth-order valence-corrected chi connectivity index (χ4v) is 4.29. The number of anilines is 1. The van der Waals surface area contributed by atoms with Gasteiger partial charge in [0, 0.05) is 31.7 Å². The topological polar surface area (TPSA) is 66.5 Å². The standard InChI is InChI=1S/C19H22N2O3S/c22-19(11-15-25(23,24)17-7-2-1-3-8-17)20-12-14-21-13-10-16-6-4-5-9-18(16)21/h1-9H,10-15H2,(H,20,22). The summed E-state index contributed by atoms with van der Waals surface area (Å²) >= 11 is 0. The molecule has 0 spiro atoms. The maximum atomic E-state index is 12.2. The SMILES string of the molecule is O=C(CCS(=O)(=O)c1ccccc1)NCCN1CCc2ccccc21. The van der Waals surface area contributed by atoms with Crippen LogP contribution in [-0.4, -0.2) is 39.7 Å². The van der Waals surface area contributed by atoms with Crippen molar-refractivity contribution in [2.75, 3.05) is 30.3 Å². The Bertz CT molecular complexity index is 835. The second-order valence-electron chi connectivity index (χ2n) is 6.10. The maximum Gasteiger partial charge on any atom is 0.221 e. The molecule has 6 heteroatoms. The van der Waals surface area contributed by atoms with Crippen molar-refractivity contribution in [2.24, 2.45) is 0 Å². The smallest absolute Gasteiger partial charge is 0.221 e. The molecule has 5 nitrogen and oxygen atoms in total. The second kappa shape index (κ2) is 7.70. The quantitative estimate of drug-likeness (QED) is 0.822.